The SMILES string of the molecule is CC(C)N(Cc1cccc(N)c1)C(=O)c1ccc(Br)cn1. The fourth-order valence-electron chi connectivity index (χ4n) is 2.03. The molecule has 1 aromatic heterocycles. The summed E-state index contributed by atoms with van der Waals surface area (Å²) in [5, 5.41) is 0. The number of carbonyl (C=O) groups is 1. The first-order valence-electron chi connectivity index (χ1n) is 6.74. The van der Waals surface area contributed by atoms with Gasteiger partial charge >= 0.3 is 0 Å². The molecule has 0 saturated carbocycles. The Kier molecular flexibility index (Phi) is 4.96. The van der Waals surface area contributed by atoms with Crippen LogP contribution in [0.3, 0.4) is 0 Å². The lowest BCUT2D eigenvalue weighted by Gasteiger charge is -2.26. The van der Waals surface area contributed by atoms with Crippen molar-refractivity contribution in [1.29, 1.82) is 0 Å². The highest BCUT2D eigenvalue weighted by molar-refractivity contribution is 9.10. The highest BCUT2D eigenvalue weighted by atomic mass is 79.9. The van der Waals surface area contributed by atoms with Crippen LogP contribution < -0.4 is 5.73 Å². The molecule has 0 fully saturated rings. The maximum atomic E-state index is 12.6. The van der Waals surface area contributed by atoms with Crippen molar-refractivity contribution < 1.29 is 4.79 Å². The average Bonchev–Trinajstić information content (AvgIpc) is 2.44. The number of pyridine rings is 1. The van der Waals surface area contributed by atoms with Crippen LogP contribution in [-0.2, 0) is 6.54 Å². The number of carbonyl (C=O) groups excluding carboxylic acids is 1. The molecule has 0 aliphatic heterocycles. The van der Waals surface area contributed by atoms with Crippen molar-refractivity contribution in [3.63, 3.8) is 0 Å². The van der Waals surface area contributed by atoms with Gasteiger partial charge in [0.05, 0.1) is 0 Å². The Balaban J connectivity index is 2.22. The molecule has 5 heteroatoms. The molecule has 4 nitrogen and oxygen atoms in total. The Morgan fingerprint density at radius 2 is 2.10 bits per heavy atom. The number of hydrogen-bond acceptors (Lipinski definition) is 3. The molecule has 0 saturated heterocycles. The summed E-state index contributed by atoms with van der Waals surface area (Å²) >= 11 is 3.32. The third-order valence-electron chi connectivity index (χ3n) is 3.13. The van der Waals surface area contributed by atoms with Crippen molar-refractivity contribution in [2.45, 2.75) is 26.4 Å². The van der Waals surface area contributed by atoms with E-state index in [0.29, 0.717) is 17.9 Å². The van der Waals surface area contributed by atoms with Crippen LogP contribution in [0.4, 0.5) is 5.69 Å². The standard InChI is InChI=1S/C16H18BrN3O/c1-11(2)20(10-12-4-3-5-14(18)8-12)16(21)15-7-6-13(17)9-19-15/h3-9,11H,10,18H2,1-2H3. The number of benzene rings is 1. The Morgan fingerprint density at radius 1 is 1.33 bits per heavy atom. The van der Waals surface area contributed by atoms with Gasteiger partial charge in [-0.25, -0.2) is 4.98 Å². The topological polar surface area (TPSA) is 59.2 Å². The molecule has 21 heavy (non-hydrogen) atoms. The molecule has 0 aliphatic rings. The lowest BCUT2D eigenvalue weighted by molar-refractivity contribution is 0.0684. The van der Waals surface area contributed by atoms with E-state index in [-0.39, 0.29) is 11.9 Å². The zero-order valence-electron chi connectivity index (χ0n) is 12.1. The van der Waals surface area contributed by atoms with E-state index >= 15 is 0 Å². The monoisotopic (exact) mass is 347 g/mol. The van der Waals surface area contributed by atoms with Crippen LogP contribution in [-0.4, -0.2) is 21.8 Å². The van der Waals surface area contributed by atoms with Crippen LogP contribution in [0, 0.1) is 0 Å². The van der Waals surface area contributed by atoms with Gasteiger partial charge in [0.2, 0.25) is 0 Å². The van der Waals surface area contributed by atoms with E-state index < -0.39 is 0 Å². The maximum absolute atomic E-state index is 12.6. The van der Waals surface area contributed by atoms with Gasteiger partial charge in [-0.1, -0.05) is 12.1 Å². The molecule has 0 unspecified atom stereocenters. The van der Waals surface area contributed by atoms with Crippen LogP contribution in [0.2, 0.25) is 0 Å². The van der Waals surface area contributed by atoms with Gasteiger partial charge in [0.1, 0.15) is 5.69 Å². The van der Waals surface area contributed by atoms with Gasteiger partial charge in [0.15, 0.2) is 0 Å². The predicted octanol–water partition coefficient (Wildman–Crippen LogP) is 3.48. The van der Waals surface area contributed by atoms with Gasteiger partial charge < -0.3 is 10.6 Å². The summed E-state index contributed by atoms with van der Waals surface area (Å²) in [5.74, 6) is -0.0834. The van der Waals surface area contributed by atoms with Crippen molar-refractivity contribution in [2.75, 3.05) is 5.73 Å². The van der Waals surface area contributed by atoms with Crippen LogP contribution in [0.5, 0.6) is 0 Å². The number of hydrogen-bond donors (Lipinski definition) is 1. The summed E-state index contributed by atoms with van der Waals surface area (Å²) in [6.07, 6.45) is 1.63. The zero-order chi connectivity index (χ0) is 15.4. The molecule has 0 atom stereocenters. The molecule has 2 rings (SSSR count). The zero-order valence-corrected chi connectivity index (χ0v) is 13.7. The number of halogens is 1. The van der Waals surface area contributed by atoms with Crippen molar-refractivity contribution in [3.8, 4) is 0 Å². The molecule has 0 bridgehead atoms. The second kappa shape index (κ2) is 6.72. The third kappa shape index (κ3) is 4.04. The number of nitrogens with two attached hydrogens (primary N) is 1. The summed E-state index contributed by atoms with van der Waals surface area (Å²) in [6, 6.07) is 11.2. The fraction of sp³-hybridized carbons (Fsp3) is 0.250. The van der Waals surface area contributed by atoms with Crippen LogP contribution in [0.1, 0.15) is 29.9 Å². The van der Waals surface area contributed by atoms with Crippen molar-refractivity contribution >= 4 is 27.5 Å². The smallest absolute Gasteiger partial charge is 0.272 e. The molecule has 1 aromatic carbocycles. The van der Waals surface area contributed by atoms with Gasteiger partial charge in [-0.3, -0.25) is 4.79 Å². The van der Waals surface area contributed by atoms with E-state index in [2.05, 4.69) is 20.9 Å². The van der Waals surface area contributed by atoms with Crippen molar-refractivity contribution in [1.82, 2.24) is 9.88 Å². The van der Waals surface area contributed by atoms with E-state index in [9.17, 15) is 4.79 Å². The first-order chi connectivity index (χ1) is 9.97. The van der Waals surface area contributed by atoms with Crippen LogP contribution in [0.15, 0.2) is 47.1 Å². The first-order valence-corrected chi connectivity index (χ1v) is 7.53. The number of rotatable bonds is 4. The number of amides is 1. The quantitative estimate of drug-likeness (QED) is 0.861. The summed E-state index contributed by atoms with van der Waals surface area (Å²) in [6.45, 7) is 4.49. The molecule has 0 radical (unpaired) electrons. The minimum Gasteiger partial charge on any atom is -0.399 e. The van der Waals surface area contributed by atoms with Gasteiger partial charge in [0.25, 0.3) is 5.91 Å². The minimum atomic E-state index is -0.0834. The van der Waals surface area contributed by atoms with Crippen molar-refractivity contribution in [3.05, 3.63) is 58.3 Å². The Bertz CT molecular complexity index is 626. The third-order valence-corrected chi connectivity index (χ3v) is 3.60. The number of nitrogen functional groups attached to an aromatic ring is 1. The molecule has 1 amide bonds. The number of anilines is 1. The normalized spacial score (nSPS) is 10.7. The summed E-state index contributed by atoms with van der Waals surface area (Å²) in [4.78, 5) is 18.6. The molecule has 110 valence electrons. The predicted molar refractivity (Wildman–Crippen MR) is 87.8 cm³/mol. The molecular weight excluding hydrogens is 330 g/mol. The Labute approximate surface area is 133 Å². The second-order valence-corrected chi connectivity index (χ2v) is 6.05. The average molecular weight is 348 g/mol. The molecular formula is C16H18BrN3O. The van der Waals surface area contributed by atoms with Crippen LogP contribution >= 0.6 is 15.9 Å². The van der Waals surface area contributed by atoms with Crippen molar-refractivity contribution in [2.24, 2.45) is 0 Å². The Morgan fingerprint density at radius 3 is 2.67 bits per heavy atom. The minimum absolute atomic E-state index is 0.0735. The lowest BCUT2D eigenvalue weighted by atomic mass is 10.1. The van der Waals surface area contributed by atoms with Gasteiger partial charge in [-0.2, -0.15) is 0 Å². The van der Waals surface area contributed by atoms with E-state index in [0.717, 1.165) is 10.0 Å². The van der Waals surface area contributed by atoms with Gasteiger partial charge in [0, 0.05) is 28.9 Å². The van der Waals surface area contributed by atoms with Gasteiger partial charge in [-0.15, -0.1) is 0 Å². The summed E-state index contributed by atoms with van der Waals surface area (Å²) in [7, 11) is 0. The van der Waals surface area contributed by atoms with E-state index in [1.165, 1.54) is 0 Å². The Hall–Kier alpha value is -1.88. The van der Waals surface area contributed by atoms with E-state index in [1.807, 2.05) is 44.2 Å². The molecule has 2 N–H and O–H groups in total. The summed E-state index contributed by atoms with van der Waals surface area (Å²) < 4.78 is 0.853. The largest absolute Gasteiger partial charge is 0.399 e. The molecule has 0 aliphatic carbocycles. The number of nitrogens with zero attached hydrogens (tertiary/aromatic N) is 2. The summed E-state index contributed by atoms with van der Waals surface area (Å²) in [5.41, 5.74) is 7.94. The molecule has 2 aromatic rings. The molecule has 0 spiro atoms. The lowest BCUT2D eigenvalue weighted by Crippen LogP contribution is -2.36. The maximum Gasteiger partial charge on any atom is 0.272 e. The second-order valence-electron chi connectivity index (χ2n) is 5.13. The first kappa shape index (κ1) is 15.5. The number of aromatic nitrogens is 1. The van der Waals surface area contributed by atoms with Gasteiger partial charge in [-0.05, 0) is 59.6 Å². The fourth-order valence-corrected chi connectivity index (χ4v) is 2.26. The van der Waals surface area contributed by atoms with Crippen LogP contribution in [0.25, 0.3) is 0 Å². The highest BCUT2D eigenvalue weighted by Crippen LogP contribution is 2.15. The van der Waals surface area contributed by atoms with E-state index in [4.69, 9.17) is 5.73 Å². The highest BCUT2D eigenvalue weighted by Gasteiger charge is 2.20. The van der Waals surface area contributed by atoms with E-state index in [1.54, 1.807) is 17.2 Å². The molecule has 1 heterocycles.